The van der Waals surface area contributed by atoms with Crippen LogP contribution in [-0.4, -0.2) is 18.2 Å². The molecule has 0 saturated heterocycles. The number of carbonyl (C=O) groups excluding carboxylic acids is 1. The highest BCUT2D eigenvalue weighted by molar-refractivity contribution is 5.71. The second kappa shape index (κ2) is 7.63. The molecule has 0 heterocycles. The van der Waals surface area contributed by atoms with Gasteiger partial charge < -0.3 is 9.47 Å². The van der Waals surface area contributed by atoms with Crippen LogP contribution >= 0.6 is 0 Å². The minimum atomic E-state index is -0.279. The molecule has 0 radical (unpaired) electrons. The number of hydrogen-bond donors (Lipinski definition) is 0. The molecule has 3 nitrogen and oxygen atoms in total. The molecule has 29 heavy (non-hydrogen) atoms. The Kier molecular flexibility index (Phi) is 5.46. The molecule has 4 bridgehead atoms. The van der Waals surface area contributed by atoms with E-state index in [4.69, 9.17) is 9.47 Å². The monoisotopic (exact) mass is 398 g/mol. The van der Waals surface area contributed by atoms with Gasteiger partial charge in [-0.15, -0.1) is 0 Å². The van der Waals surface area contributed by atoms with Gasteiger partial charge in [-0.3, -0.25) is 0 Å². The highest BCUT2D eigenvalue weighted by Gasteiger charge is 2.57. The van der Waals surface area contributed by atoms with E-state index in [0.717, 1.165) is 24.0 Å². The zero-order valence-corrected chi connectivity index (χ0v) is 18.9. The number of benzene rings is 1. The van der Waals surface area contributed by atoms with Crippen molar-refractivity contribution < 1.29 is 14.3 Å². The zero-order valence-electron chi connectivity index (χ0n) is 18.9. The Hall–Kier alpha value is -1.51. The van der Waals surface area contributed by atoms with E-state index in [0.29, 0.717) is 17.8 Å². The highest BCUT2D eigenvalue weighted by Crippen LogP contribution is 2.59. The minimum Gasteiger partial charge on any atom is -0.482 e. The second-order valence-electron chi connectivity index (χ2n) is 11.1. The van der Waals surface area contributed by atoms with Crippen molar-refractivity contribution in [3.8, 4) is 5.75 Å². The first-order valence-corrected chi connectivity index (χ1v) is 11.6. The molecular formula is C26H38O3. The first-order chi connectivity index (χ1) is 13.7. The van der Waals surface area contributed by atoms with Crippen molar-refractivity contribution in [2.45, 2.75) is 84.7 Å². The molecule has 1 unspecified atom stereocenters. The van der Waals surface area contributed by atoms with Crippen molar-refractivity contribution in [3.63, 3.8) is 0 Å². The van der Waals surface area contributed by atoms with Gasteiger partial charge in [0.1, 0.15) is 11.4 Å². The van der Waals surface area contributed by atoms with Crippen LogP contribution in [0.4, 0.5) is 0 Å². The molecule has 1 aromatic rings. The largest absolute Gasteiger partial charge is 0.482 e. The summed E-state index contributed by atoms with van der Waals surface area (Å²) < 4.78 is 11.9. The lowest BCUT2D eigenvalue weighted by Gasteiger charge is -2.59. The molecule has 5 rings (SSSR count). The molecule has 1 aromatic carbocycles. The molecule has 4 fully saturated rings. The fraction of sp³-hybridized carbons (Fsp3) is 0.731. The summed E-state index contributed by atoms with van der Waals surface area (Å²) in [6, 6.07) is 8.25. The quantitative estimate of drug-likeness (QED) is 0.523. The van der Waals surface area contributed by atoms with E-state index in [2.05, 4.69) is 46.8 Å². The minimum absolute atomic E-state index is 0.00227. The SMILES string of the molecule is CCC(c1ccc(OCC(=O)OC2(C)C3CC4CC(C3)CC2C4)cc1)C(C)(C)C. The third-order valence-corrected chi connectivity index (χ3v) is 8.19. The highest BCUT2D eigenvalue weighted by atomic mass is 16.6. The number of hydrogen-bond acceptors (Lipinski definition) is 3. The Balaban J connectivity index is 1.33. The molecule has 0 aromatic heterocycles. The Bertz CT molecular complexity index is 699. The first kappa shape index (κ1) is 20.8. The molecule has 3 heteroatoms. The van der Waals surface area contributed by atoms with Gasteiger partial charge in [-0.2, -0.15) is 0 Å². The maximum absolute atomic E-state index is 12.6. The average Bonchev–Trinajstić information content (AvgIpc) is 2.64. The Morgan fingerprint density at radius 1 is 1.03 bits per heavy atom. The van der Waals surface area contributed by atoms with Crippen LogP contribution in [0.15, 0.2) is 24.3 Å². The molecule has 160 valence electrons. The third-order valence-electron chi connectivity index (χ3n) is 8.19. The Morgan fingerprint density at radius 2 is 1.59 bits per heavy atom. The summed E-state index contributed by atoms with van der Waals surface area (Å²) in [6.45, 7) is 11.3. The van der Waals surface area contributed by atoms with Gasteiger partial charge in [0.15, 0.2) is 6.61 Å². The van der Waals surface area contributed by atoms with Crippen molar-refractivity contribution in [2.75, 3.05) is 6.61 Å². The van der Waals surface area contributed by atoms with Gasteiger partial charge >= 0.3 is 5.97 Å². The fourth-order valence-corrected chi connectivity index (χ4v) is 6.85. The van der Waals surface area contributed by atoms with Crippen LogP contribution in [0.5, 0.6) is 5.75 Å². The van der Waals surface area contributed by atoms with E-state index in [1.165, 1.54) is 37.7 Å². The van der Waals surface area contributed by atoms with E-state index in [1.54, 1.807) is 0 Å². The van der Waals surface area contributed by atoms with Gasteiger partial charge in [0, 0.05) is 0 Å². The van der Waals surface area contributed by atoms with Crippen LogP contribution in [-0.2, 0) is 9.53 Å². The summed E-state index contributed by atoms with van der Waals surface area (Å²) in [5, 5.41) is 0. The van der Waals surface area contributed by atoms with Crippen LogP contribution in [0.25, 0.3) is 0 Å². The smallest absolute Gasteiger partial charge is 0.344 e. The third kappa shape index (κ3) is 4.07. The molecule has 0 amide bonds. The van der Waals surface area contributed by atoms with Gasteiger partial charge in [-0.25, -0.2) is 4.79 Å². The maximum atomic E-state index is 12.6. The molecule has 1 atom stereocenters. The van der Waals surface area contributed by atoms with Gasteiger partial charge in [0.25, 0.3) is 0 Å². The van der Waals surface area contributed by atoms with Gasteiger partial charge in [-0.05, 0) is 98.1 Å². The van der Waals surface area contributed by atoms with E-state index >= 15 is 0 Å². The summed E-state index contributed by atoms with van der Waals surface area (Å²) in [5.41, 5.74) is 1.28. The Labute approximate surface area is 176 Å². The summed E-state index contributed by atoms with van der Waals surface area (Å²) in [7, 11) is 0. The van der Waals surface area contributed by atoms with Crippen molar-refractivity contribution in [2.24, 2.45) is 29.1 Å². The first-order valence-electron chi connectivity index (χ1n) is 11.6. The lowest BCUT2D eigenvalue weighted by molar-refractivity contribution is -0.204. The van der Waals surface area contributed by atoms with E-state index in [1.807, 2.05) is 12.1 Å². The average molecular weight is 399 g/mol. The van der Waals surface area contributed by atoms with E-state index in [-0.39, 0.29) is 23.6 Å². The topological polar surface area (TPSA) is 35.5 Å². The van der Waals surface area contributed by atoms with Gasteiger partial charge in [0.2, 0.25) is 0 Å². The summed E-state index contributed by atoms with van der Waals surface area (Å²) >= 11 is 0. The van der Waals surface area contributed by atoms with Crippen molar-refractivity contribution in [1.29, 1.82) is 0 Å². The molecule has 0 aliphatic heterocycles. The molecular weight excluding hydrogens is 360 g/mol. The van der Waals surface area contributed by atoms with Crippen LogP contribution in [0.3, 0.4) is 0 Å². The molecule has 4 saturated carbocycles. The van der Waals surface area contributed by atoms with E-state index in [9.17, 15) is 4.79 Å². The summed E-state index contributed by atoms with van der Waals surface area (Å²) in [5.74, 6) is 3.88. The predicted molar refractivity (Wildman–Crippen MR) is 116 cm³/mol. The molecule has 4 aliphatic carbocycles. The molecule has 4 aliphatic rings. The van der Waals surface area contributed by atoms with Crippen LogP contribution in [0.2, 0.25) is 0 Å². The summed E-state index contributed by atoms with van der Waals surface area (Å²) in [6.07, 6.45) is 7.48. The van der Waals surface area contributed by atoms with Crippen molar-refractivity contribution in [3.05, 3.63) is 29.8 Å². The summed E-state index contributed by atoms with van der Waals surface area (Å²) in [4.78, 5) is 12.6. The van der Waals surface area contributed by atoms with Crippen LogP contribution in [0.1, 0.15) is 84.6 Å². The normalized spacial score (nSPS) is 34.1. The van der Waals surface area contributed by atoms with Gasteiger partial charge in [-0.1, -0.05) is 39.8 Å². The van der Waals surface area contributed by atoms with E-state index < -0.39 is 0 Å². The lowest BCUT2D eigenvalue weighted by Crippen LogP contribution is -2.58. The number of ether oxygens (including phenoxy) is 2. The van der Waals surface area contributed by atoms with Gasteiger partial charge in [0.05, 0.1) is 0 Å². The predicted octanol–water partition coefficient (Wildman–Crippen LogP) is 6.36. The van der Waals surface area contributed by atoms with Crippen LogP contribution in [0, 0.1) is 29.1 Å². The second-order valence-corrected chi connectivity index (χ2v) is 11.1. The standard InChI is InChI=1S/C26H38O3/c1-6-23(25(2,3)4)19-7-9-22(10-8-19)28-16-24(27)29-26(5)20-12-17-11-18(14-20)15-21(26)13-17/h7-10,17-18,20-21,23H,6,11-16H2,1-5H3. The van der Waals surface area contributed by atoms with Crippen molar-refractivity contribution >= 4 is 5.97 Å². The fourth-order valence-electron chi connectivity index (χ4n) is 6.85. The zero-order chi connectivity index (χ0) is 20.8. The molecule has 0 N–H and O–H groups in total. The number of esters is 1. The van der Waals surface area contributed by atoms with Crippen LogP contribution < -0.4 is 4.74 Å². The molecule has 0 spiro atoms. The maximum Gasteiger partial charge on any atom is 0.344 e. The number of carbonyl (C=O) groups is 1. The van der Waals surface area contributed by atoms with Crippen molar-refractivity contribution in [1.82, 2.24) is 0 Å². The Morgan fingerprint density at radius 3 is 2.07 bits per heavy atom. The lowest BCUT2D eigenvalue weighted by atomic mass is 9.50. The number of rotatable bonds is 6.